The van der Waals surface area contributed by atoms with Crippen LogP contribution >= 0.6 is 0 Å². The maximum atomic E-state index is 14.2. The summed E-state index contributed by atoms with van der Waals surface area (Å²) >= 11 is 0. The molecular formula is C24H26FN3O2. The summed E-state index contributed by atoms with van der Waals surface area (Å²) in [5.41, 5.74) is 4.76. The maximum Gasteiger partial charge on any atom is 0.257 e. The van der Waals surface area contributed by atoms with Crippen LogP contribution in [0, 0.1) is 19.7 Å². The fourth-order valence-corrected chi connectivity index (χ4v) is 3.50. The van der Waals surface area contributed by atoms with Crippen molar-refractivity contribution in [1.29, 1.82) is 0 Å². The molecule has 0 aliphatic rings. The molecule has 0 unspecified atom stereocenters. The van der Waals surface area contributed by atoms with Gasteiger partial charge in [-0.05, 0) is 61.7 Å². The van der Waals surface area contributed by atoms with Crippen molar-refractivity contribution in [3.8, 4) is 5.69 Å². The Morgan fingerprint density at radius 2 is 1.73 bits per heavy atom. The molecule has 2 N–H and O–H groups in total. The lowest BCUT2D eigenvalue weighted by Crippen LogP contribution is -2.15. The smallest absolute Gasteiger partial charge is 0.257 e. The van der Waals surface area contributed by atoms with E-state index in [1.54, 1.807) is 6.07 Å². The van der Waals surface area contributed by atoms with Crippen LogP contribution in [0.1, 0.15) is 54.0 Å². The Balaban J connectivity index is 1.93. The first-order valence-electron chi connectivity index (χ1n) is 9.85. The third-order valence-corrected chi connectivity index (χ3v) is 5.01. The molecule has 1 heterocycles. The van der Waals surface area contributed by atoms with Gasteiger partial charge < -0.3 is 15.2 Å². The van der Waals surface area contributed by atoms with E-state index in [-0.39, 0.29) is 11.6 Å². The van der Waals surface area contributed by atoms with Crippen LogP contribution in [0.5, 0.6) is 0 Å². The van der Waals surface area contributed by atoms with E-state index >= 15 is 0 Å². The number of nitrogens with zero attached hydrogens (tertiary/aromatic N) is 1. The van der Waals surface area contributed by atoms with Crippen molar-refractivity contribution < 1.29 is 14.0 Å². The monoisotopic (exact) mass is 407 g/mol. The summed E-state index contributed by atoms with van der Waals surface area (Å²) in [6, 6.07) is 14.1. The lowest BCUT2D eigenvalue weighted by Gasteiger charge is -2.13. The zero-order valence-corrected chi connectivity index (χ0v) is 17.8. The van der Waals surface area contributed by atoms with E-state index in [2.05, 4.69) is 36.6 Å². The Morgan fingerprint density at radius 3 is 2.40 bits per heavy atom. The van der Waals surface area contributed by atoms with Crippen LogP contribution in [-0.2, 0) is 4.79 Å². The summed E-state index contributed by atoms with van der Waals surface area (Å²) in [5, 5.41) is 5.21. The third kappa shape index (κ3) is 4.43. The number of halogens is 1. The van der Waals surface area contributed by atoms with E-state index < -0.39 is 11.7 Å². The average molecular weight is 407 g/mol. The van der Waals surface area contributed by atoms with E-state index in [9.17, 15) is 14.0 Å². The summed E-state index contributed by atoms with van der Waals surface area (Å²) in [7, 11) is 0. The van der Waals surface area contributed by atoms with Crippen molar-refractivity contribution in [2.75, 3.05) is 10.6 Å². The minimum absolute atomic E-state index is 0.0119. The average Bonchev–Trinajstić information content (AvgIpc) is 2.98. The summed E-state index contributed by atoms with van der Waals surface area (Å²) < 4.78 is 16.2. The highest BCUT2D eigenvalue weighted by atomic mass is 19.1. The van der Waals surface area contributed by atoms with Gasteiger partial charge in [0.15, 0.2) is 0 Å². The Morgan fingerprint density at radius 1 is 1.00 bits per heavy atom. The lowest BCUT2D eigenvalue weighted by molar-refractivity contribution is -0.114. The maximum absolute atomic E-state index is 14.2. The van der Waals surface area contributed by atoms with Crippen LogP contribution in [0.25, 0.3) is 5.69 Å². The molecule has 0 spiro atoms. The second-order valence-electron chi connectivity index (χ2n) is 7.70. The quantitative estimate of drug-likeness (QED) is 0.581. The Kier molecular flexibility index (Phi) is 6.06. The number of aromatic nitrogens is 1. The fourth-order valence-electron chi connectivity index (χ4n) is 3.50. The van der Waals surface area contributed by atoms with Crippen LogP contribution in [0.4, 0.5) is 15.8 Å². The van der Waals surface area contributed by atoms with Gasteiger partial charge in [-0.3, -0.25) is 9.59 Å². The summed E-state index contributed by atoms with van der Waals surface area (Å²) in [5.74, 6) is -0.863. The van der Waals surface area contributed by atoms with Crippen molar-refractivity contribution in [3.63, 3.8) is 0 Å². The summed E-state index contributed by atoms with van der Waals surface area (Å²) in [6.45, 7) is 9.44. The molecule has 5 nitrogen and oxygen atoms in total. The topological polar surface area (TPSA) is 63.1 Å². The molecule has 2 amide bonds. The fraction of sp³-hybridized carbons (Fsp3) is 0.250. The van der Waals surface area contributed by atoms with Gasteiger partial charge in [-0.1, -0.05) is 26.0 Å². The molecular weight excluding hydrogens is 381 g/mol. The molecule has 2 aromatic carbocycles. The van der Waals surface area contributed by atoms with Crippen LogP contribution in [0.15, 0.2) is 48.5 Å². The number of amides is 2. The van der Waals surface area contributed by atoms with Crippen molar-refractivity contribution in [2.24, 2.45) is 0 Å². The number of anilines is 2. The molecule has 156 valence electrons. The molecule has 30 heavy (non-hydrogen) atoms. The number of hydrogen-bond acceptors (Lipinski definition) is 2. The first-order chi connectivity index (χ1) is 14.2. The number of carbonyl (C=O) groups excluding carboxylic acids is 2. The predicted octanol–water partition coefficient (Wildman–Crippen LogP) is 5.57. The van der Waals surface area contributed by atoms with E-state index in [1.165, 1.54) is 30.7 Å². The van der Waals surface area contributed by atoms with Gasteiger partial charge in [0.1, 0.15) is 5.82 Å². The molecule has 0 fully saturated rings. The number of aryl methyl sites for hydroxylation is 1. The Labute approximate surface area is 175 Å². The minimum Gasteiger partial charge on any atom is -0.326 e. The first-order valence-corrected chi connectivity index (χ1v) is 9.85. The highest BCUT2D eigenvalue weighted by molar-refractivity contribution is 6.06. The second kappa shape index (κ2) is 8.53. The van der Waals surface area contributed by atoms with Crippen molar-refractivity contribution >= 4 is 23.2 Å². The molecule has 0 aliphatic heterocycles. The predicted molar refractivity (Wildman–Crippen MR) is 118 cm³/mol. The van der Waals surface area contributed by atoms with Gasteiger partial charge in [0.05, 0.1) is 11.3 Å². The third-order valence-electron chi connectivity index (χ3n) is 5.01. The van der Waals surface area contributed by atoms with E-state index in [1.807, 2.05) is 30.5 Å². The normalized spacial score (nSPS) is 10.9. The molecule has 3 rings (SSSR count). The molecule has 0 atom stereocenters. The second-order valence-corrected chi connectivity index (χ2v) is 7.70. The molecule has 6 heteroatoms. The van der Waals surface area contributed by atoms with Gasteiger partial charge in [-0.2, -0.15) is 0 Å². The molecule has 0 bridgehead atoms. The standard InChI is InChI=1S/C24H26FN3O2/c1-14(2)18-7-6-8-20(12-18)28-15(3)11-21(16(28)4)24(30)27-23-13-19(26-17(5)29)9-10-22(23)25/h6-14H,1-5H3,(H,26,29)(H,27,30). The summed E-state index contributed by atoms with van der Waals surface area (Å²) in [6.07, 6.45) is 0. The van der Waals surface area contributed by atoms with E-state index in [4.69, 9.17) is 0 Å². The van der Waals surface area contributed by atoms with Crippen molar-refractivity contribution in [2.45, 2.75) is 40.5 Å². The van der Waals surface area contributed by atoms with Gasteiger partial charge >= 0.3 is 0 Å². The molecule has 0 saturated heterocycles. The molecule has 0 saturated carbocycles. The highest BCUT2D eigenvalue weighted by Crippen LogP contribution is 2.26. The van der Waals surface area contributed by atoms with Crippen LogP contribution in [0.2, 0.25) is 0 Å². The molecule has 0 radical (unpaired) electrons. The Bertz CT molecular complexity index is 1120. The molecule has 0 aliphatic carbocycles. The van der Waals surface area contributed by atoms with Gasteiger partial charge in [-0.25, -0.2) is 4.39 Å². The number of nitrogens with one attached hydrogen (secondary N) is 2. The zero-order chi connectivity index (χ0) is 22.0. The molecule has 1 aromatic heterocycles. The van der Waals surface area contributed by atoms with Crippen LogP contribution in [-0.4, -0.2) is 16.4 Å². The minimum atomic E-state index is -0.573. The SMILES string of the molecule is CC(=O)Nc1ccc(F)c(NC(=O)c2cc(C)n(-c3cccc(C(C)C)c3)c2C)c1. The van der Waals surface area contributed by atoms with E-state index in [0.717, 1.165) is 17.1 Å². The summed E-state index contributed by atoms with van der Waals surface area (Å²) in [4.78, 5) is 24.2. The van der Waals surface area contributed by atoms with Gasteiger partial charge in [0, 0.05) is 29.7 Å². The lowest BCUT2D eigenvalue weighted by atomic mass is 10.0. The highest BCUT2D eigenvalue weighted by Gasteiger charge is 2.18. The van der Waals surface area contributed by atoms with Crippen LogP contribution < -0.4 is 10.6 Å². The van der Waals surface area contributed by atoms with Crippen molar-refractivity contribution in [3.05, 3.63) is 76.9 Å². The number of benzene rings is 2. The van der Waals surface area contributed by atoms with Gasteiger partial charge in [-0.15, -0.1) is 0 Å². The number of rotatable bonds is 5. The number of carbonyl (C=O) groups is 2. The molecule has 3 aromatic rings. The number of hydrogen-bond donors (Lipinski definition) is 2. The Hall–Kier alpha value is -3.41. The zero-order valence-electron chi connectivity index (χ0n) is 17.8. The largest absolute Gasteiger partial charge is 0.326 e. The van der Waals surface area contributed by atoms with Crippen molar-refractivity contribution in [1.82, 2.24) is 4.57 Å². The van der Waals surface area contributed by atoms with Crippen LogP contribution in [0.3, 0.4) is 0 Å². The van der Waals surface area contributed by atoms with Gasteiger partial charge in [0.25, 0.3) is 5.91 Å². The van der Waals surface area contributed by atoms with Gasteiger partial charge in [0.2, 0.25) is 5.91 Å². The van der Waals surface area contributed by atoms with E-state index in [0.29, 0.717) is 17.2 Å². The first kappa shape index (κ1) is 21.3.